The molecular formula is C18H24N2S. The topological polar surface area (TPSA) is 15.3 Å². The van der Waals surface area contributed by atoms with Crippen molar-refractivity contribution in [3.8, 4) is 0 Å². The van der Waals surface area contributed by atoms with E-state index in [1.54, 1.807) is 0 Å². The van der Waals surface area contributed by atoms with Gasteiger partial charge in [-0.3, -0.25) is 4.90 Å². The molecule has 1 aliphatic heterocycles. The van der Waals surface area contributed by atoms with Gasteiger partial charge in [-0.1, -0.05) is 37.3 Å². The van der Waals surface area contributed by atoms with Gasteiger partial charge >= 0.3 is 0 Å². The van der Waals surface area contributed by atoms with Crippen molar-refractivity contribution < 1.29 is 0 Å². The molecule has 1 N–H and O–H groups in total. The third-order valence-electron chi connectivity index (χ3n) is 4.49. The third-order valence-corrected chi connectivity index (χ3v) is 5.50. The minimum atomic E-state index is 0.482. The van der Waals surface area contributed by atoms with Crippen molar-refractivity contribution in [2.75, 3.05) is 13.1 Å². The third kappa shape index (κ3) is 3.37. The van der Waals surface area contributed by atoms with Crippen molar-refractivity contribution in [1.29, 1.82) is 0 Å². The highest BCUT2D eigenvalue weighted by atomic mass is 32.1. The van der Waals surface area contributed by atoms with Gasteiger partial charge in [-0.15, -0.1) is 11.3 Å². The van der Waals surface area contributed by atoms with Gasteiger partial charge in [0, 0.05) is 36.6 Å². The van der Waals surface area contributed by atoms with E-state index >= 15 is 0 Å². The Morgan fingerprint density at radius 1 is 1.24 bits per heavy atom. The lowest BCUT2D eigenvalue weighted by Gasteiger charge is -2.40. The van der Waals surface area contributed by atoms with Crippen LogP contribution in [-0.4, -0.2) is 24.0 Å². The minimum Gasteiger partial charge on any atom is -0.311 e. The zero-order valence-electron chi connectivity index (χ0n) is 12.9. The van der Waals surface area contributed by atoms with Crippen LogP contribution < -0.4 is 5.32 Å². The van der Waals surface area contributed by atoms with Gasteiger partial charge in [-0.25, -0.2) is 0 Å². The molecule has 2 nitrogen and oxygen atoms in total. The number of nitrogens with one attached hydrogen (secondary N) is 1. The first-order valence-electron chi connectivity index (χ1n) is 7.83. The quantitative estimate of drug-likeness (QED) is 0.918. The zero-order chi connectivity index (χ0) is 14.7. The lowest BCUT2D eigenvalue weighted by Crippen LogP contribution is -2.51. The molecule has 1 aromatic carbocycles. The summed E-state index contributed by atoms with van der Waals surface area (Å²) >= 11 is 1.89. The van der Waals surface area contributed by atoms with Crippen LogP contribution in [0.15, 0.2) is 41.8 Å². The van der Waals surface area contributed by atoms with Crippen LogP contribution in [0.5, 0.6) is 0 Å². The molecule has 1 aromatic heterocycles. The molecule has 1 aliphatic rings. The molecule has 1 saturated heterocycles. The first-order chi connectivity index (χ1) is 10.3. The fourth-order valence-electron chi connectivity index (χ4n) is 3.08. The van der Waals surface area contributed by atoms with Gasteiger partial charge in [-0.2, -0.15) is 0 Å². The van der Waals surface area contributed by atoms with Crippen molar-refractivity contribution in [3.63, 3.8) is 0 Å². The van der Waals surface area contributed by atoms with E-state index in [1.807, 2.05) is 11.3 Å². The van der Waals surface area contributed by atoms with Crippen LogP contribution in [-0.2, 0) is 6.54 Å². The Kier molecular flexibility index (Phi) is 4.73. The van der Waals surface area contributed by atoms with Crippen LogP contribution >= 0.6 is 11.3 Å². The molecule has 2 aromatic rings. The molecular weight excluding hydrogens is 276 g/mol. The van der Waals surface area contributed by atoms with E-state index in [1.165, 1.54) is 22.4 Å². The SMILES string of the molecule is CCC1CN(Cc2sccc2C)C(c2ccccc2)CN1. The highest BCUT2D eigenvalue weighted by Gasteiger charge is 2.28. The molecule has 2 atom stereocenters. The highest BCUT2D eigenvalue weighted by molar-refractivity contribution is 7.10. The van der Waals surface area contributed by atoms with Crippen molar-refractivity contribution in [2.24, 2.45) is 0 Å². The smallest absolute Gasteiger partial charge is 0.0477 e. The molecule has 112 valence electrons. The maximum absolute atomic E-state index is 3.70. The Bertz CT molecular complexity index is 564. The first-order valence-corrected chi connectivity index (χ1v) is 8.71. The number of hydrogen-bond acceptors (Lipinski definition) is 3. The lowest BCUT2D eigenvalue weighted by molar-refractivity contribution is 0.122. The van der Waals surface area contributed by atoms with Gasteiger partial charge in [0.1, 0.15) is 0 Å². The summed E-state index contributed by atoms with van der Waals surface area (Å²) in [6, 6.07) is 14.2. The van der Waals surface area contributed by atoms with Crippen molar-refractivity contribution in [2.45, 2.75) is 38.9 Å². The Labute approximate surface area is 131 Å². The van der Waals surface area contributed by atoms with Crippen LogP contribution in [0.25, 0.3) is 0 Å². The maximum atomic E-state index is 3.70. The van der Waals surface area contributed by atoms with E-state index in [0.29, 0.717) is 12.1 Å². The second kappa shape index (κ2) is 6.73. The van der Waals surface area contributed by atoms with E-state index < -0.39 is 0 Å². The number of piperazine rings is 1. The predicted molar refractivity (Wildman–Crippen MR) is 90.7 cm³/mol. The largest absolute Gasteiger partial charge is 0.311 e. The normalized spacial score (nSPS) is 23.3. The van der Waals surface area contributed by atoms with Gasteiger partial charge < -0.3 is 5.32 Å². The van der Waals surface area contributed by atoms with Crippen molar-refractivity contribution in [3.05, 3.63) is 57.8 Å². The summed E-state index contributed by atoms with van der Waals surface area (Å²) in [6.07, 6.45) is 1.20. The second-order valence-corrected chi connectivity index (χ2v) is 6.90. The number of aryl methyl sites for hydroxylation is 1. The fraction of sp³-hybridized carbons (Fsp3) is 0.444. The highest BCUT2D eigenvalue weighted by Crippen LogP contribution is 2.28. The Balaban J connectivity index is 1.82. The summed E-state index contributed by atoms with van der Waals surface area (Å²) in [4.78, 5) is 4.16. The molecule has 21 heavy (non-hydrogen) atoms. The van der Waals surface area contributed by atoms with Gasteiger partial charge in [0.2, 0.25) is 0 Å². The molecule has 0 aliphatic carbocycles. The predicted octanol–water partition coefficient (Wildman–Crippen LogP) is 3.98. The van der Waals surface area contributed by atoms with Crippen LogP contribution in [0.4, 0.5) is 0 Å². The number of nitrogens with zero attached hydrogens (tertiary/aromatic N) is 1. The van der Waals surface area contributed by atoms with E-state index in [4.69, 9.17) is 0 Å². The minimum absolute atomic E-state index is 0.482. The van der Waals surface area contributed by atoms with Gasteiger partial charge in [-0.05, 0) is 35.9 Å². The summed E-state index contributed by atoms with van der Waals surface area (Å²) in [5.41, 5.74) is 2.85. The van der Waals surface area contributed by atoms with E-state index in [9.17, 15) is 0 Å². The molecule has 3 heteroatoms. The summed E-state index contributed by atoms with van der Waals surface area (Å²) in [6.45, 7) is 7.75. The average Bonchev–Trinajstić information content (AvgIpc) is 2.93. The van der Waals surface area contributed by atoms with Gasteiger partial charge in [0.05, 0.1) is 0 Å². The van der Waals surface area contributed by atoms with Crippen molar-refractivity contribution >= 4 is 11.3 Å². The summed E-state index contributed by atoms with van der Waals surface area (Å²) in [5, 5.41) is 5.91. The summed E-state index contributed by atoms with van der Waals surface area (Å²) in [5.74, 6) is 0. The molecule has 3 rings (SSSR count). The van der Waals surface area contributed by atoms with Crippen LogP contribution in [0.3, 0.4) is 0 Å². The molecule has 0 radical (unpaired) electrons. The Morgan fingerprint density at radius 2 is 2.05 bits per heavy atom. The molecule has 2 unspecified atom stereocenters. The molecule has 0 bridgehead atoms. The number of benzene rings is 1. The van der Waals surface area contributed by atoms with Crippen LogP contribution in [0.2, 0.25) is 0 Å². The van der Waals surface area contributed by atoms with Crippen molar-refractivity contribution in [1.82, 2.24) is 10.2 Å². The summed E-state index contributed by atoms with van der Waals surface area (Å²) < 4.78 is 0. The van der Waals surface area contributed by atoms with Gasteiger partial charge in [0.15, 0.2) is 0 Å². The average molecular weight is 300 g/mol. The Morgan fingerprint density at radius 3 is 2.71 bits per heavy atom. The van der Waals surface area contributed by atoms with E-state index in [2.05, 4.69) is 65.8 Å². The van der Waals surface area contributed by atoms with Crippen LogP contribution in [0, 0.1) is 6.92 Å². The fourth-order valence-corrected chi connectivity index (χ4v) is 4.02. The standard InChI is InChI=1S/C18H24N2S/c1-3-16-12-20(13-18-14(2)9-10-21-18)17(11-19-16)15-7-5-4-6-8-15/h4-10,16-17,19H,3,11-13H2,1-2H3. The van der Waals surface area contributed by atoms with E-state index in [0.717, 1.165) is 19.6 Å². The monoisotopic (exact) mass is 300 g/mol. The first kappa shape index (κ1) is 14.8. The maximum Gasteiger partial charge on any atom is 0.0477 e. The number of thiophene rings is 1. The molecule has 2 heterocycles. The zero-order valence-corrected chi connectivity index (χ0v) is 13.7. The molecule has 0 spiro atoms. The molecule has 0 amide bonds. The van der Waals surface area contributed by atoms with E-state index in [-0.39, 0.29) is 0 Å². The lowest BCUT2D eigenvalue weighted by atomic mass is 10.00. The molecule has 0 saturated carbocycles. The van der Waals surface area contributed by atoms with Crippen LogP contribution in [0.1, 0.15) is 35.4 Å². The second-order valence-electron chi connectivity index (χ2n) is 5.90. The summed E-state index contributed by atoms with van der Waals surface area (Å²) in [7, 11) is 0. The Hall–Kier alpha value is -1.16. The number of hydrogen-bond donors (Lipinski definition) is 1. The number of rotatable bonds is 4. The van der Waals surface area contributed by atoms with Gasteiger partial charge in [0.25, 0.3) is 0 Å². The molecule has 1 fully saturated rings.